The van der Waals surface area contributed by atoms with Crippen molar-refractivity contribution in [3.8, 4) is 0 Å². The molecule has 1 saturated heterocycles. The molecule has 1 aromatic rings. The van der Waals surface area contributed by atoms with Crippen molar-refractivity contribution in [2.75, 3.05) is 11.9 Å². The lowest BCUT2D eigenvalue weighted by molar-refractivity contribution is -0.120. The largest absolute Gasteiger partial charge is 0.444 e. The van der Waals surface area contributed by atoms with Gasteiger partial charge >= 0.3 is 6.09 Å². The zero-order chi connectivity index (χ0) is 18.6. The number of carbonyl (C=O) groups excluding carboxylic acids is 3. The third-order valence-electron chi connectivity index (χ3n) is 3.98. The van der Waals surface area contributed by atoms with E-state index in [1.54, 1.807) is 45.0 Å². The van der Waals surface area contributed by atoms with Crippen molar-refractivity contribution in [1.29, 1.82) is 0 Å². The van der Waals surface area contributed by atoms with Crippen molar-refractivity contribution < 1.29 is 19.1 Å². The van der Waals surface area contributed by atoms with Crippen LogP contribution in [0.5, 0.6) is 0 Å². The van der Waals surface area contributed by atoms with Crippen LogP contribution in [0, 0.1) is 0 Å². The van der Waals surface area contributed by atoms with E-state index in [0.29, 0.717) is 30.6 Å². The number of ether oxygens (including phenoxy) is 1. The van der Waals surface area contributed by atoms with E-state index < -0.39 is 17.7 Å². The van der Waals surface area contributed by atoms with E-state index in [0.717, 1.165) is 6.42 Å². The number of ketones is 1. The van der Waals surface area contributed by atoms with Crippen LogP contribution in [0.4, 0.5) is 10.5 Å². The molecule has 136 valence electrons. The molecule has 1 fully saturated rings. The Morgan fingerprint density at radius 1 is 1.20 bits per heavy atom. The second-order valence-electron chi connectivity index (χ2n) is 7.18. The quantitative estimate of drug-likeness (QED) is 0.845. The van der Waals surface area contributed by atoms with Gasteiger partial charge in [-0.1, -0.05) is 6.92 Å². The summed E-state index contributed by atoms with van der Waals surface area (Å²) >= 11 is 0. The van der Waals surface area contributed by atoms with E-state index in [9.17, 15) is 14.4 Å². The Balaban J connectivity index is 2.01. The van der Waals surface area contributed by atoms with Gasteiger partial charge in [0.1, 0.15) is 11.6 Å². The topological polar surface area (TPSA) is 75.7 Å². The minimum absolute atomic E-state index is 0.0600. The average Bonchev–Trinajstić information content (AvgIpc) is 3.03. The molecular formula is C19H26N2O4. The van der Waals surface area contributed by atoms with E-state index in [2.05, 4.69) is 5.32 Å². The van der Waals surface area contributed by atoms with Crippen LogP contribution in [0.15, 0.2) is 24.3 Å². The lowest BCUT2D eigenvalue weighted by atomic mass is 10.1. The summed E-state index contributed by atoms with van der Waals surface area (Å²) in [5.74, 6) is -0.178. The molecule has 0 radical (unpaired) electrons. The molecule has 6 nitrogen and oxygen atoms in total. The van der Waals surface area contributed by atoms with Crippen LogP contribution in [0.3, 0.4) is 0 Å². The highest BCUT2D eigenvalue weighted by Gasteiger charge is 2.36. The molecule has 1 atom stereocenters. The normalized spacial score (nSPS) is 17.3. The van der Waals surface area contributed by atoms with Crippen LogP contribution >= 0.6 is 0 Å². The molecular weight excluding hydrogens is 320 g/mol. The molecule has 0 spiro atoms. The fourth-order valence-electron chi connectivity index (χ4n) is 2.75. The Morgan fingerprint density at radius 3 is 2.40 bits per heavy atom. The number of benzene rings is 1. The second kappa shape index (κ2) is 7.68. The fourth-order valence-corrected chi connectivity index (χ4v) is 2.75. The van der Waals surface area contributed by atoms with Crippen molar-refractivity contribution in [2.24, 2.45) is 0 Å². The number of nitrogens with zero attached hydrogens (tertiary/aromatic N) is 1. The van der Waals surface area contributed by atoms with Gasteiger partial charge in [0.2, 0.25) is 5.91 Å². The van der Waals surface area contributed by atoms with E-state index >= 15 is 0 Å². The Hall–Kier alpha value is -2.37. The SMILES string of the molecule is CCC(=O)c1ccc(NC(=O)[C@H]2CCCN2C(=O)OC(C)(C)C)cc1. The number of rotatable bonds is 4. The van der Waals surface area contributed by atoms with Crippen molar-refractivity contribution in [3.63, 3.8) is 0 Å². The van der Waals surface area contributed by atoms with E-state index in [1.165, 1.54) is 4.90 Å². The third kappa shape index (κ3) is 5.05. The van der Waals surface area contributed by atoms with Gasteiger partial charge in [0.05, 0.1) is 0 Å². The van der Waals surface area contributed by atoms with Crippen LogP contribution in [0.2, 0.25) is 0 Å². The molecule has 0 saturated carbocycles. The number of likely N-dealkylation sites (tertiary alicyclic amines) is 1. The minimum atomic E-state index is -0.595. The first-order valence-electron chi connectivity index (χ1n) is 8.65. The molecule has 25 heavy (non-hydrogen) atoms. The maximum Gasteiger partial charge on any atom is 0.410 e. The van der Waals surface area contributed by atoms with Gasteiger partial charge in [0, 0.05) is 24.2 Å². The van der Waals surface area contributed by atoms with E-state index in [-0.39, 0.29) is 11.7 Å². The Bertz CT molecular complexity index is 646. The lowest BCUT2D eigenvalue weighted by Crippen LogP contribution is -2.45. The predicted molar refractivity (Wildman–Crippen MR) is 95.7 cm³/mol. The summed E-state index contributed by atoms with van der Waals surface area (Å²) in [6.45, 7) is 7.72. The number of hydrogen-bond acceptors (Lipinski definition) is 4. The highest BCUT2D eigenvalue weighted by atomic mass is 16.6. The molecule has 1 heterocycles. The molecule has 2 amide bonds. The number of hydrogen-bond donors (Lipinski definition) is 1. The number of nitrogens with one attached hydrogen (secondary N) is 1. The standard InChI is InChI=1S/C19H26N2O4/c1-5-16(22)13-8-10-14(11-9-13)20-17(23)15-7-6-12-21(15)18(24)25-19(2,3)4/h8-11,15H,5-7,12H2,1-4H3,(H,20,23)/t15-/m1/s1. The van der Waals surface area contributed by atoms with Crippen LogP contribution in [0.1, 0.15) is 57.3 Å². The predicted octanol–water partition coefficient (Wildman–Crippen LogP) is 3.62. The molecule has 1 N–H and O–H groups in total. The summed E-state index contributed by atoms with van der Waals surface area (Å²) in [4.78, 5) is 37.9. The van der Waals surface area contributed by atoms with Gasteiger partial charge in [-0.2, -0.15) is 0 Å². The summed E-state index contributed by atoms with van der Waals surface area (Å²) in [6.07, 6.45) is 1.35. The smallest absolute Gasteiger partial charge is 0.410 e. The van der Waals surface area contributed by atoms with Crippen molar-refractivity contribution in [1.82, 2.24) is 4.90 Å². The second-order valence-corrected chi connectivity index (χ2v) is 7.18. The van der Waals surface area contributed by atoms with Gasteiger partial charge in [-0.15, -0.1) is 0 Å². The van der Waals surface area contributed by atoms with Crippen LogP contribution in [-0.2, 0) is 9.53 Å². The van der Waals surface area contributed by atoms with Crippen molar-refractivity contribution in [3.05, 3.63) is 29.8 Å². The summed E-state index contributed by atoms with van der Waals surface area (Å²) < 4.78 is 5.38. The Morgan fingerprint density at radius 2 is 1.84 bits per heavy atom. The molecule has 0 unspecified atom stereocenters. The van der Waals surface area contributed by atoms with Gasteiger partial charge in [-0.25, -0.2) is 4.79 Å². The van der Waals surface area contributed by atoms with E-state index in [4.69, 9.17) is 4.74 Å². The molecule has 0 bridgehead atoms. The zero-order valence-electron chi connectivity index (χ0n) is 15.3. The van der Waals surface area contributed by atoms with Crippen LogP contribution in [0.25, 0.3) is 0 Å². The summed E-state index contributed by atoms with van der Waals surface area (Å²) in [5, 5.41) is 2.82. The van der Waals surface area contributed by atoms with Gasteiger partial charge in [0.25, 0.3) is 0 Å². The average molecular weight is 346 g/mol. The molecule has 1 aromatic carbocycles. The first kappa shape index (κ1) is 19.0. The van der Waals surface area contributed by atoms with Gasteiger partial charge < -0.3 is 10.1 Å². The van der Waals surface area contributed by atoms with E-state index in [1.807, 2.05) is 6.92 Å². The number of Topliss-reactive ketones (excluding diaryl/α,β-unsaturated/α-hetero) is 1. The zero-order valence-corrected chi connectivity index (χ0v) is 15.3. The molecule has 0 aliphatic carbocycles. The maximum absolute atomic E-state index is 12.5. The molecule has 0 aromatic heterocycles. The summed E-state index contributed by atoms with van der Waals surface area (Å²) in [7, 11) is 0. The molecule has 2 rings (SSSR count). The third-order valence-corrected chi connectivity index (χ3v) is 3.98. The first-order valence-corrected chi connectivity index (χ1v) is 8.65. The Labute approximate surface area is 148 Å². The van der Waals surface area contributed by atoms with Crippen LogP contribution < -0.4 is 5.32 Å². The first-order chi connectivity index (χ1) is 11.7. The number of anilines is 1. The monoisotopic (exact) mass is 346 g/mol. The number of carbonyl (C=O) groups is 3. The van der Waals surface area contributed by atoms with Crippen molar-refractivity contribution in [2.45, 2.75) is 58.6 Å². The maximum atomic E-state index is 12.5. The van der Waals surface area contributed by atoms with Gasteiger partial charge in [-0.05, 0) is 57.9 Å². The van der Waals surface area contributed by atoms with Gasteiger partial charge in [0.15, 0.2) is 5.78 Å². The molecule has 6 heteroatoms. The minimum Gasteiger partial charge on any atom is -0.444 e. The molecule has 1 aliphatic heterocycles. The highest BCUT2D eigenvalue weighted by Crippen LogP contribution is 2.22. The van der Waals surface area contributed by atoms with Crippen molar-refractivity contribution >= 4 is 23.5 Å². The fraction of sp³-hybridized carbons (Fsp3) is 0.526. The lowest BCUT2D eigenvalue weighted by Gasteiger charge is -2.28. The summed E-state index contributed by atoms with van der Waals surface area (Å²) in [6, 6.07) is 6.26. The Kier molecular flexibility index (Phi) is 5.82. The van der Waals surface area contributed by atoms with Crippen LogP contribution in [-0.4, -0.2) is 40.9 Å². The molecule has 1 aliphatic rings. The number of amides is 2. The van der Waals surface area contributed by atoms with Gasteiger partial charge in [-0.3, -0.25) is 14.5 Å². The summed E-state index contributed by atoms with van der Waals surface area (Å²) in [5.41, 5.74) is 0.632. The highest BCUT2D eigenvalue weighted by molar-refractivity contribution is 5.98.